The fourth-order valence-corrected chi connectivity index (χ4v) is 5.51. The maximum Gasteiger partial charge on any atom is 0.253 e. The molecule has 1 amide bonds. The zero-order valence-electron chi connectivity index (χ0n) is 22.6. The van der Waals surface area contributed by atoms with E-state index in [-0.39, 0.29) is 11.9 Å². The number of nitrogens with two attached hydrogens (primary N) is 1. The van der Waals surface area contributed by atoms with Crippen molar-refractivity contribution < 1.29 is 4.79 Å². The van der Waals surface area contributed by atoms with E-state index in [2.05, 4.69) is 32.5 Å². The smallest absolute Gasteiger partial charge is 0.253 e. The number of fused-ring (bicyclic) bond motifs is 2. The van der Waals surface area contributed by atoms with Crippen molar-refractivity contribution in [3.05, 3.63) is 107 Å². The molecule has 0 fully saturated rings. The van der Waals surface area contributed by atoms with Crippen LogP contribution in [0.5, 0.6) is 0 Å². The molecule has 1 aliphatic rings. The number of nitrogens with one attached hydrogen (secondary N) is 1. The van der Waals surface area contributed by atoms with Gasteiger partial charge < -0.3 is 11.1 Å². The third-order valence-corrected chi connectivity index (χ3v) is 7.54. The summed E-state index contributed by atoms with van der Waals surface area (Å²) >= 11 is 0. The third-order valence-electron chi connectivity index (χ3n) is 7.54. The molecule has 0 saturated carbocycles. The predicted molar refractivity (Wildman–Crippen MR) is 156 cm³/mol. The lowest BCUT2D eigenvalue weighted by molar-refractivity contribution is 0.0935. The fourth-order valence-electron chi connectivity index (χ4n) is 5.51. The summed E-state index contributed by atoms with van der Waals surface area (Å²) in [4.78, 5) is 31.7. The van der Waals surface area contributed by atoms with Gasteiger partial charge in [0, 0.05) is 36.2 Å². The average molecular weight is 542 g/mol. The molecule has 7 rings (SSSR count). The van der Waals surface area contributed by atoms with Gasteiger partial charge in [0.05, 0.1) is 17.2 Å². The first-order valence-corrected chi connectivity index (χ1v) is 13.4. The van der Waals surface area contributed by atoms with Gasteiger partial charge in [-0.2, -0.15) is 5.10 Å². The summed E-state index contributed by atoms with van der Waals surface area (Å²) in [6.45, 7) is 3.80. The lowest BCUT2D eigenvalue weighted by Gasteiger charge is -2.16. The molecular formula is C31H27N9O. The molecule has 0 saturated heterocycles. The summed E-state index contributed by atoms with van der Waals surface area (Å²) in [7, 11) is 0. The minimum Gasteiger partial charge on any atom is -0.383 e. The van der Waals surface area contributed by atoms with Gasteiger partial charge >= 0.3 is 0 Å². The van der Waals surface area contributed by atoms with Gasteiger partial charge in [-0.3, -0.25) is 14.3 Å². The Hall–Kier alpha value is -5.38. The molecule has 6 aromatic rings. The highest BCUT2D eigenvalue weighted by Crippen LogP contribution is 2.36. The summed E-state index contributed by atoms with van der Waals surface area (Å²) in [5.74, 6) is 1.62. The molecule has 10 nitrogen and oxygen atoms in total. The molecule has 1 atom stereocenters. The van der Waals surface area contributed by atoms with E-state index in [9.17, 15) is 4.79 Å². The number of hydrogen-bond acceptors (Lipinski definition) is 7. The van der Waals surface area contributed by atoms with E-state index in [1.54, 1.807) is 23.3 Å². The highest BCUT2D eigenvalue weighted by atomic mass is 16.1. The monoisotopic (exact) mass is 541 g/mol. The second-order valence-corrected chi connectivity index (χ2v) is 10.3. The molecule has 41 heavy (non-hydrogen) atoms. The van der Waals surface area contributed by atoms with Gasteiger partial charge in [-0.1, -0.05) is 6.07 Å². The number of aryl methyl sites for hydroxylation is 3. The summed E-state index contributed by atoms with van der Waals surface area (Å²) in [6, 6.07) is 17.5. The Morgan fingerprint density at radius 2 is 1.93 bits per heavy atom. The first-order valence-electron chi connectivity index (χ1n) is 13.4. The largest absolute Gasteiger partial charge is 0.383 e. The average Bonchev–Trinajstić information content (AvgIpc) is 3.73. The van der Waals surface area contributed by atoms with Crippen molar-refractivity contribution in [2.75, 3.05) is 5.73 Å². The second-order valence-electron chi connectivity index (χ2n) is 10.3. The molecule has 0 radical (unpaired) electrons. The number of anilines is 1. The van der Waals surface area contributed by atoms with Crippen LogP contribution in [0.1, 0.15) is 45.2 Å². The van der Waals surface area contributed by atoms with Crippen molar-refractivity contribution in [1.82, 2.24) is 39.6 Å². The van der Waals surface area contributed by atoms with Crippen molar-refractivity contribution in [2.45, 2.75) is 32.7 Å². The van der Waals surface area contributed by atoms with Crippen molar-refractivity contribution >= 4 is 22.9 Å². The Kier molecular flexibility index (Phi) is 5.81. The van der Waals surface area contributed by atoms with Crippen LogP contribution in [0.25, 0.3) is 34.1 Å². The highest BCUT2D eigenvalue weighted by molar-refractivity contribution is 5.95. The lowest BCUT2D eigenvalue weighted by atomic mass is 10.1. The zero-order chi connectivity index (χ0) is 28.1. The van der Waals surface area contributed by atoms with Crippen LogP contribution in [0.4, 0.5) is 5.82 Å². The fraction of sp³-hybridized carbons (Fsp3) is 0.161. The Labute approximate surface area is 235 Å². The van der Waals surface area contributed by atoms with Crippen LogP contribution in [0.3, 0.4) is 0 Å². The van der Waals surface area contributed by atoms with Gasteiger partial charge in [0.1, 0.15) is 11.3 Å². The molecule has 5 aromatic heterocycles. The number of carbonyl (C=O) groups excluding carboxylic acids is 1. The molecule has 0 bridgehead atoms. The standard InChI is InChI=1S/C31H27N9O/c1-18-15-24(19(2)34-17-18)31(41)37-25-9-6-20-16-21(7-8-22(20)25)40-29(23-5-3-12-33-28(23)32)36-26-10-11-27(38-30(26)40)39-14-4-13-35-39/h3-5,7-8,10-17,25H,6,9H2,1-2H3,(H2,32,33)(H,37,41)/t25-/m0/s1. The molecule has 0 spiro atoms. The van der Waals surface area contributed by atoms with E-state index in [0.717, 1.165) is 46.4 Å². The minimum atomic E-state index is -0.106. The Bertz CT molecular complexity index is 1940. The van der Waals surface area contributed by atoms with Crippen LogP contribution in [-0.4, -0.2) is 40.2 Å². The minimum absolute atomic E-state index is 0.0797. The van der Waals surface area contributed by atoms with Crippen LogP contribution in [0.2, 0.25) is 0 Å². The maximum atomic E-state index is 13.1. The van der Waals surface area contributed by atoms with Gasteiger partial charge in [-0.15, -0.1) is 0 Å². The highest BCUT2D eigenvalue weighted by Gasteiger charge is 2.27. The van der Waals surface area contributed by atoms with Gasteiger partial charge in [0.25, 0.3) is 5.91 Å². The number of rotatable bonds is 5. The lowest BCUT2D eigenvalue weighted by Crippen LogP contribution is -2.28. The van der Waals surface area contributed by atoms with E-state index in [0.29, 0.717) is 28.7 Å². The third kappa shape index (κ3) is 4.29. The first kappa shape index (κ1) is 24.6. The Morgan fingerprint density at radius 3 is 2.76 bits per heavy atom. The molecule has 202 valence electrons. The summed E-state index contributed by atoms with van der Waals surface area (Å²) < 4.78 is 3.74. The van der Waals surface area contributed by atoms with Crippen molar-refractivity contribution in [3.8, 4) is 22.9 Å². The second kappa shape index (κ2) is 9.67. The first-order chi connectivity index (χ1) is 20.0. The molecule has 0 aliphatic heterocycles. The number of carbonyl (C=O) groups is 1. The number of imidazole rings is 1. The number of hydrogen-bond donors (Lipinski definition) is 2. The van der Waals surface area contributed by atoms with Crippen molar-refractivity contribution in [1.29, 1.82) is 0 Å². The number of nitrogen functional groups attached to an aromatic ring is 1. The molecule has 5 heterocycles. The predicted octanol–water partition coefficient (Wildman–Crippen LogP) is 4.68. The van der Waals surface area contributed by atoms with Gasteiger partial charge in [0.15, 0.2) is 17.3 Å². The molecule has 10 heteroatoms. The van der Waals surface area contributed by atoms with E-state index >= 15 is 0 Å². The van der Waals surface area contributed by atoms with E-state index in [1.807, 2.05) is 67.1 Å². The van der Waals surface area contributed by atoms with Crippen LogP contribution in [0, 0.1) is 13.8 Å². The van der Waals surface area contributed by atoms with E-state index < -0.39 is 0 Å². The van der Waals surface area contributed by atoms with Gasteiger partial charge in [-0.05, 0) is 91.9 Å². The van der Waals surface area contributed by atoms with Crippen LogP contribution >= 0.6 is 0 Å². The molecule has 1 aromatic carbocycles. The maximum absolute atomic E-state index is 13.1. The summed E-state index contributed by atoms with van der Waals surface area (Å²) in [6.07, 6.45) is 8.67. The topological polar surface area (TPSA) is 129 Å². The van der Waals surface area contributed by atoms with Gasteiger partial charge in [-0.25, -0.2) is 19.6 Å². The molecule has 0 unspecified atom stereocenters. The summed E-state index contributed by atoms with van der Waals surface area (Å²) in [5.41, 5.74) is 13.9. The SMILES string of the molecule is Cc1cnc(C)c(C(=O)N[C@H]2CCc3cc(-n4c(-c5cccnc5N)nc5ccc(-n6cccn6)nc54)ccc32)c1. The Morgan fingerprint density at radius 1 is 1.02 bits per heavy atom. The van der Waals surface area contributed by atoms with Crippen molar-refractivity contribution in [2.24, 2.45) is 0 Å². The van der Waals surface area contributed by atoms with Crippen molar-refractivity contribution in [3.63, 3.8) is 0 Å². The zero-order valence-corrected chi connectivity index (χ0v) is 22.6. The van der Waals surface area contributed by atoms with E-state index in [4.69, 9.17) is 15.7 Å². The number of nitrogens with zero attached hydrogens (tertiary/aromatic N) is 7. The van der Waals surface area contributed by atoms with E-state index in [1.165, 1.54) is 5.56 Å². The number of aromatic nitrogens is 7. The number of amides is 1. The van der Waals surface area contributed by atoms with Crippen LogP contribution in [0.15, 0.2) is 79.4 Å². The Balaban J connectivity index is 1.31. The normalized spacial score (nSPS) is 14.3. The molecule has 3 N–H and O–H groups in total. The molecule has 1 aliphatic carbocycles. The van der Waals surface area contributed by atoms with Gasteiger partial charge in [0.2, 0.25) is 0 Å². The number of pyridine rings is 3. The summed E-state index contributed by atoms with van der Waals surface area (Å²) in [5, 5.41) is 7.57. The quantitative estimate of drug-likeness (QED) is 0.324. The van der Waals surface area contributed by atoms with Crippen LogP contribution in [-0.2, 0) is 6.42 Å². The number of benzene rings is 1. The van der Waals surface area contributed by atoms with Crippen LogP contribution < -0.4 is 11.1 Å². The molecular weight excluding hydrogens is 514 g/mol.